The van der Waals surface area contributed by atoms with E-state index in [1.165, 1.54) is 5.56 Å². The lowest BCUT2D eigenvalue weighted by atomic mass is 10.2. The van der Waals surface area contributed by atoms with Crippen LogP contribution in [0, 0.1) is 5.92 Å². The van der Waals surface area contributed by atoms with Gasteiger partial charge in [0.05, 0.1) is 6.61 Å². The summed E-state index contributed by atoms with van der Waals surface area (Å²) in [5, 5.41) is 5.92. The molecule has 0 radical (unpaired) electrons. The average Bonchev–Trinajstić information content (AvgIpc) is 2.50. The number of methoxy groups -OCH3 is 1. The molecule has 0 aliphatic heterocycles. The molecule has 1 atom stereocenters. The maximum Gasteiger partial charge on any atom is 0.125 e. The number of rotatable bonds is 6. The van der Waals surface area contributed by atoms with Crippen LogP contribution < -0.4 is 10.6 Å². The molecule has 0 aliphatic rings. The Bertz CT molecular complexity index is 353. The van der Waals surface area contributed by atoms with Crippen LogP contribution in [0.2, 0.25) is 0 Å². The average molecular weight is 294 g/mol. The van der Waals surface area contributed by atoms with E-state index in [2.05, 4.69) is 34.1 Å². The fourth-order valence-corrected chi connectivity index (χ4v) is 1.10. The first-order chi connectivity index (χ1) is 10.0. The number of allylic oxidation sites excluding steroid dienone is 1. The van der Waals surface area contributed by atoms with Crippen molar-refractivity contribution < 1.29 is 9.53 Å². The number of carbonyl (C=O) groups is 1. The molecule has 0 saturated carbocycles. The molecule has 0 aliphatic carbocycles. The van der Waals surface area contributed by atoms with E-state index in [1.807, 2.05) is 46.1 Å². The second kappa shape index (κ2) is 16.4. The van der Waals surface area contributed by atoms with E-state index in [-0.39, 0.29) is 5.92 Å². The van der Waals surface area contributed by atoms with Gasteiger partial charge < -0.3 is 20.2 Å². The van der Waals surface area contributed by atoms with E-state index >= 15 is 0 Å². The van der Waals surface area contributed by atoms with E-state index < -0.39 is 0 Å². The summed E-state index contributed by atoms with van der Waals surface area (Å²) in [5.74, 6) is 0.0463. The minimum Gasteiger partial charge on any atom is -0.392 e. The summed E-state index contributed by atoms with van der Waals surface area (Å²) in [5.41, 5.74) is 2.34. The van der Waals surface area contributed by atoms with Gasteiger partial charge in [0.1, 0.15) is 6.29 Å². The van der Waals surface area contributed by atoms with Gasteiger partial charge in [-0.1, -0.05) is 43.8 Å². The molecule has 0 saturated heterocycles. The quantitative estimate of drug-likeness (QED) is 0.792. The number of nitrogens with one attached hydrogen (secondary N) is 2. The predicted molar refractivity (Wildman–Crippen MR) is 90.2 cm³/mol. The molecule has 0 spiro atoms. The van der Waals surface area contributed by atoms with Crippen LogP contribution >= 0.6 is 0 Å². The van der Waals surface area contributed by atoms with Crippen LogP contribution in [-0.2, 0) is 16.1 Å². The highest BCUT2D eigenvalue weighted by Crippen LogP contribution is 1.95. The third-order valence-corrected chi connectivity index (χ3v) is 2.31. The van der Waals surface area contributed by atoms with Gasteiger partial charge in [-0.15, -0.1) is 0 Å². The highest BCUT2D eigenvalue weighted by molar-refractivity contribution is 5.52. The Morgan fingerprint density at radius 3 is 2.14 bits per heavy atom. The Morgan fingerprint density at radius 2 is 1.86 bits per heavy atom. The van der Waals surface area contributed by atoms with Crippen LogP contribution in [0.5, 0.6) is 0 Å². The minimum absolute atomic E-state index is 0.0463. The third kappa shape index (κ3) is 18.4. The summed E-state index contributed by atoms with van der Waals surface area (Å²) >= 11 is 0. The largest absolute Gasteiger partial charge is 0.392 e. The molecule has 0 amide bonds. The summed E-state index contributed by atoms with van der Waals surface area (Å²) in [6.45, 7) is 8.79. The van der Waals surface area contributed by atoms with Gasteiger partial charge in [-0.2, -0.15) is 0 Å². The Balaban J connectivity index is 0. The Hall–Kier alpha value is -1.65. The van der Waals surface area contributed by atoms with E-state index in [1.54, 1.807) is 7.11 Å². The molecule has 2 N–H and O–H groups in total. The lowest BCUT2D eigenvalue weighted by molar-refractivity contribution is -0.111. The van der Waals surface area contributed by atoms with Gasteiger partial charge in [0, 0.05) is 26.6 Å². The van der Waals surface area contributed by atoms with Crippen LogP contribution in [0.25, 0.3) is 0 Å². The zero-order chi connectivity index (χ0) is 16.5. The molecule has 1 aromatic rings. The first kappa shape index (κ1) is 21.6. The summed E-state index contributed by atoms with van der Waals surface area (Å²) in [6.07, 6.45) is 0.878. The molecular weight excluding hydrogens is 264 g/mol. The fraction of sp³-hybridized carbons (Fsp3) is 0.471. The highest BCUT2D eigenvalue weighted by Gasteiger charge is 1.93. The molecule has 0 unspecified atom stereocenters. The van der Waals surface area contributed by atoms with Crippen molar-refractivity contribution in [2.75, 3.05) is 27.8 Å². The smallest absolute Gasteiger partial charge is 0.125 e. The van der Waals surface area contributed by atoms with E-state index in [4.69, 9.17) is 0 Å². The molecule has 4 nitrogen and oxygen atoms in total. The summed E-state index contributed by atoms with van der Waals surface area (Å²) in [6, 6.07) is 10.3. The number of hydrogen-bond acceptors (Lipinski definition) is 4. The first-order valence-corrected chi connectivity index (χ1v) is 6.97. The topological polar surface area (TPSA) is 50.4 Å². The molecule has 120 valence electrons. The highest BCUT2D eigenvalue weighted by atomic mass is 16.5. The number of aldehydes is 1. The zero-order valence-electron chi connectivity index (χ0n) is 14.0. The fourth-order valence-electron chi connectivity index (χ4n) is 1.10. The van der Waals surface area contributed by atoms with Gasteiger partial charge >= 0.3 is 0 Å². The number of benzene rings is 1. The van der Waals surface area contributed by atoms with Crippen LogP contribution in [0.4, 0.5) is 0 Å². The maximum atomic E-state index is 9.81. The second-order valence-electron chi connectivity index (χ2n) is 4.61. The van der Waals surface area contributed by atoms with Crippen LogP contribution in [0.3, 0.4) is 0 Å². The van der Waals surface area contributed by atoms with Crippen molar-refractivity contribution in [3.63, 3.8) is 0 Å². The molecule has 0 bridgehead atoms. The van der Waals surface area contributed by atoms with Crippen molar-refractivity contribution in [2.45, 2.75) is 20.4 Å². The molecule has 1 rings (SSSR count). The standard InChI is InChI=1S/C8H11N.C5H10O2.C4H9N/c1-9-7-8-5-3-2-4-6-8;1-5(3-6)4-7-2;1-4(2)5-3/h2-6,9H,7H2,1H3;3,5H,4H2,1-2H3;5H,1H2,2-3H3/t;5-;/m.0./s1. The molecule has 0 fully saturated rings. The van der Waals surface area contributed by atoms with Crippen molar-refractivity contribution >= 4 is 6.29 Å². The SMILES string of the molecule is C=C(C)NC.CNCc1ccccc1.COC[C@@H](C)C=O. The van der Waals surface area contributed by atoms with Gasteiger partial charge in [-0.3, -0.25) is 0 Å². The Morgan fingerprint density at radius 1 is 1.33 bits per heavy atom. The third-order valence-electron chi connectivity index (χ3n) is 2.31. The van der Waals surface area contributed by atoms with Crippen LogP contribution in [-0.4, -0.2) is 34.1 Å². The van der Waals surface area contributed by atoms with Crippen molar-refractivity contribution in [1.82, 2.24) is 10.6 Å². The number of hydrogen-bond donors (Lipinski definition) is 2. The van der Waals surface area contributed by atoms with Gasteiger partial charge in [-0.25, -0.2) is 0 Å². The van der Waals surface area contributed by atoms with Crippen molar-refractivity contribution in [3.05, 3.63) is 48.2 Å². The van der Waals surface area contributed by atoms with Gasteiger partial charge in [-0.05, 0) is 25.2 Å². The summed E-state index contributed by atoms with van der Waals surface area (Å²) < 4.78 is 4.66. The van der Waals surface area contributed by atoms with Gasteiger partial charge in [0.25, 0.3) is 0 Å². The van der Waals surface area contributed by atoms with Gasteiger partial charge in [0.2, 0.25) is 0 Å². The van der Waals surface area contributed by atoms with Crippen molar-refractivity contribution in [2.24, 2.45) is 5.92 Å². The van der Waals surface area contributed by atoms with E-state index in [9.17, 15) is 4.79 Å². The van der Waals surface area contributed by atoms with Crippen molar-refractivity contribution in [3.8, 4) is 0 Å². The Kier molecular flexibility index (Phi) is 16.9. The molecule has 0 heterocycles. The predicted octanol–water partition coefficient (Wildman–Crippen LogP) is 2.61. The lowest BCUT2D eigenvalue weighted by Gasteiger charge is -1.96. The molecule has 4 heteroatoms. The molecule has 0 aromatic heterocycles. The second-order valence-corrected chi connectivity index (χ2v) is 4.61. The first-order valence-electron chi connectivity index (χ1n) is 6.97. The number of ether oxygens (including phenoxy) is 1. The molecule has 1 aromatic carbocycles. The minimum atomic E-state index is 0.0463. The van der Waals surface area contributed by atoms with E-state index in [0.717, 1.165) is 18.5 Å². The molecular formula is C17H30N2O2. The monoisotopic (exact) mass is 294 g/mol. The molecule has 21 heavy (non-hydrogen) atoms. The zero-order valence-corrected chi connectivity index (χ0v) is 14.0. The normalized spacial score (nSPS) is 10.1. The van der Waals surface area contributed by atoms with Crippen molar-refractivity contribution in [1.29, 1.82) is 0 Å². The van der Waals surface area contributed by atoms with Gasteiger partial charge in [0.15, 0.2) is 0 Å². The summed E-state index contributed by atoms with van der Waals surface area (Å²) in [7, 11) is 5.38. The van der Waals surface area contributed by atoms with Crippen LogP contribution in [0.15, 0.2) is 42.6 Å². The van der Waals surface area contributed by atoms with Crippen LogP contribution in [0.1, 0.15) is 19.4 Å². The number of carbonyl (C=O) groups excluding carboxylic acids is 1. The summed E-state index contributed by atoms with van der Waals surface area (Å²) in [4.78, 5) is 9.81. The lowest BCUT2D eigenvalue weighted by Crippen LogP contribution is -2.04. The maximum absolute atomic E-state index is 9.81. The Labute approximate surface area is 129 Å². The van der Waals surface area contributed by atoms with E-state index in [0.29, 0.717) is 6.61 Å².